The van der Waals surface area contributed by atoms with Gasteiger partial charge in [-0.3, -0.25) is 4.99 Å². The zero-order valence-corrected chi connectivity index (χ0v) is 11.0. The van der Waals surface area contributed by atoms with E-state index in [0.717, 1.165) is 25.1 Å². The number of benzene rings is 1. The second-order valence-corrected chi connectivity index (χ2v) is 4.76. The first kappa shape index (κ1) is 12.5. The van der Waals surface area contributed by atoms with Crippen molar-refractivity contribution in [3.8, 4) is 0 Å². The third-order valence-electron chi connectivity index (χ3n) is 3.23. The molecule has 6 nitrogen and oxygen atoms in total. The van der Waals surface area contributed by atoms with Gasteiger partial charge in [-0.15, -0.1) is 0 Å². The summed E-state index contributed by atoms with van der Waals surface area (Å²) in [6.45, 7) is 0. The molecule has 3 rings (SSSR count). The van der Waals surface area contributed by atoms with Gasteiger partial charge in [0.25, 0.3) is 0 Å². The molecule has 1 atom stereocenters. The highest BCUT2D eigenvalue weighted by atomic mass is 15.2. The molecule has 0 fully saturated rings. The molecule has 0 bridgehead atoms. The summed E-state index contributed by atoms with van der Waals surface area (Å²) in [5.74, 6) is 1.86. The second kappa shape index (κ2) is 5.24. The minimum Gasteiger partial charge on any atom is -0.385 e. The van der Waals surface area contributed by atoms with Crippen LogP contribution in [-0.2, 0) is 6.42 Å². The van der Waals surface area contributed by atoms with E-state index in [1.165, 1.54) is 5.56 Å². The molecular weight excluding hydrogens is 252 g/mol. The molecule has 6 heteroatoms. The van der Waals surface area contributed by atoms with Gasteiger partial charge in [0.05, 0.1) is 0 Å². The van der Waals surface area contributed by atoms with Crippen molar-refractivity contribution in [2.24, 2.45) is 31.4 Å². The quantitative estimate of drug-likeness (QED) is 0.846. The molecule has 1 aromatic rings. The number of amidine groups is 3. The van der Waals surface area contributed by atoms with Crippen LogP contribution in [0.1, 0.15) is 18.4 Å². The zero-order chi connectivity index (χ0) is 13.9. The Labute approximate surface area is 117 Å². The highest BCUT2D eigenvalue weighted by molar-refractivity contribution is 6.23. The Balaban J connectivity index is 1.60. The van der Waals surface area contributed by atoms with E-state index in [0.29, 0.717) is 11.7 Å². The number of guanidine groups is 1. The lowest BCUT2D eigenvalue weighted by Gasteiger charge is -2.10. The van der Waals surface area contributed by atoms with Gasteiger partial charge < -0.3 is 11.5 Å². The molecule has 4 N–H and O–H groups in total. The van der Waals surface area contributed by atoms with E-state index < -0.39 is 0 Å². The minimum atomic E-state index is -0.339. The molecule has 0 aromatic heterocycles. The Bertz CT molecular complexity index is 626. The SMILES string of the molecule is NC1=NC2=NC(CCCc3ccccc3)=NC2C(N)=N1. The summed E-state index contributed by atoms with van der Waals surface area (Å²) < 4.78 is 0. The third kappa shape index (κ3) is 2.59. The van der Waals surface area contributed by atoms with Crippen molar-refractivity contribution in [2.45, 2.75) is 25.3 Å². The first-order chi connectivity index (χ1) is 9.72. The van der Waals surface area contributed by atoms with Crippen LogP contribution in [0.15, 0.2) is 50.3 Å². The maximum absolute atomic E-state index is 5.79. The predicted molar refractivity (Wildman–Crippen MR) is 81.3 cm³/mol. The maximum Gasteiger partial charge on any atom is 0.223 e. The Morgan fingerprint density at radius 2 is 1.75 bits per heavy atom. The number of fused-ring (bicyclic) bond motifs is 1. The monoisotopic (exact) mass is 268 g/mol. The van der Waals surface area contributed by atoms with E-state index in [-0.39, 0.29) is 12.0 Å². The van der Waals surface area contributed by atoms with Gasteiger partial charge in [0, 0.05) is 6.42 Å². The zero-order valence-electron chi connectivity index (χ0n) is 11.0. The molecule has 0 aliphatic carbocycles. The van der Waals surface area contributed by atoms with E-state index in [9.17, 15) is 0 Å². The van der Waals surface area contributed by atoms with Gasteiger partial charge >= 0.3 is 0 Å². The van der Waals surface area contributed by atoms with Crippen LogP contribution in [0.25, 0.3) is 0 Å². The van der Waals surface area contributed by atoms with Crippen LogP contribution in [0, 0.1) is 0 Å². The second-order valence-electron chi connectivity index (χ2n) is 4.76. The van der Waals surface area contributed by atoms with Crippen LogP contribution < -0.4 is 11.5 Å². The standard InChI is InChI=1S/C14H16N6/c15-12-11-13(20-14(16)19-12)18-10(17-11)8-4-7-9-5-2-1-3-6-9/h1-3,5-6,11H,4,7-8H2,(H4,15,16,17,18,19,20). The lowest BCUT2D eigenvalue weighted by Crippen LogP contribution is -2.38. The molecule has 20 heavy (non-hydrogen) atoms. The van der Waals surface area contributed by atoms with Crippen LogP contribution in [0.4, 0.5) is 0 Å². The predicted octanol–water partition coefficient (Wildman–Crippen LogP) is 0.874. The molecule has 1 unspecified atom stereocenters. The van der Waals surface area contributed by atoms with Crippen molar-refractivity contribution in [3.05, 3.63) is 35.9 Å². The van der Waals surface area contributed by atoms with Crippen molar-refractivity contribution < 1.29 is 0 Å². The Kier molecular flexibility index (Phi) is 3.28. The van der Waals surface area contributed by atoms with E-state index in [4.69, 9.17) is 11.5 Å². The number of aliphatic imine (C=N–C) groups is 4. The van der Waals surface area contributed by atoms with Gasteiger partial charge in [0.15, 0.2) is 11.9 Å². The van der Waals surface area contributed by atoms with Crippen molar-refractivity contribution in [2.75, 3.05) is 0 Å². The lowest BCUT2D eigenvalue weighted by molar-refractivity contribution is 0.859. The molecular formula is C14H16N6. The summed E-state index contributed by atoms with van der Waals surface area (Å²) in [5.41, 5.74) is 12.7. The first-order valence-electron chi connectivity index (χ1n) is 6.60. The number of hydrogen-bond donors (Lipinski definition) is 2. The van der Waals surface area contributed by atoms with Crippen molar-refractivity contribution >= 4 is 23.5 Å². The van der Waals surface area contributed by atoms with E-state index in [2.05, 4.69) is 32.1 Å². The van der Waals surface area contributed by atoms with Gasteiger partial charge in [-0.25, -0.2) is 4.99 Å². The van der Waals surface area contributed by atoms with Gasteiger partial charge in [-0.1, -0.05) is 30.3 Å². The average Bonchev–Trinajstić information content (AvgIpc) is 2.83. The molecule has 0 saturated carbocycles. The number of hydrogen-bond acceptors (Lipinski definition) is 6. The summed E-state index contributed by atoms with van der Waals surface area (Å²) in [6, 6.07) is 10.0. The van der Waals surface area contributed by atoms with Gasteiger partial charge in [-0.2, -0.15) is 9.98 Å². The number of nitrogens with zero attached hydrogens (tertiary/aromatic N) is 4. The molecule has 2 heterocycles. The highest BCUT2D eigenvalue weighted by Gasteiger charge is 2.29. The van der Waals surface area contributed by atoms with Crippen LogP contribution >= 0.6 is 0 Å². The summed E-state index contributed by atoms with van der Waals surface area (Å²) in [5, 5.41) is 0. The van der Waals surface area contributed by atoms with Gasteiger partial charge in [0.2, 0.25) is 5.96 Å². The van der Waals surface area contributed by atoms with Crippen molar-refractivity contribution in [3.63, 3.8) is 0 Å². The Hall–Kier alpha value is -2.50. The van der Waals surface area contributed by atoms with E-state index >= 15 is 0 Å². The normalized spacial score (nSPS) is 20.7. The van der Waals surface area contributed by atoms with Gasteiger partial charge in [-0.05, 0) is 18.4 Å². The topological polar surface area (TPSA) is 101 Å². The molecule has 0 spiro atoms. The third-order valence-corrected chi connectivity index (χ3v) is 3.23. The molecule has 0 amide bonds. The smallest absolute Gasteiger partial charge is 0.223 e. The molecule has 2 aliphatic rings. The summed E-state index contributed by atoms with van der Waals surface area (Å²) >= 11 is 0. The molecule has 0 saturated heterocycles. The molecule has 0 radical (unpaired) electrons. The molecule has 1 aromatic carbocycles. The number of rotatable bonds is 4. The highest BCUT2D eigenvalue weighted by Crippen LogP contribution is 2.15. The number of aryl methyl sites for hydroxylation is 1. The summed E-state index contributed by atoms with van der Waals surface area (Å²) in [4.78, 5) is 16.8. The fourth-order valence-electron chi connectivity index (χ4n) is 2.27. The van der Waals surface area contributed by atoms with Crippen molar-refractivity contribution in [1.29, 1.82) is 0 Å². The molecule has 2 aliphatic heterocycles. The lowest BCUT2D eigenvalue weighted by atomic mass is 10.1. The fourth-order valence-corrected chi connectivity index (χ4v) is 2.27. The van der Waals surface area contributed by atoms with Crippen molar-refractivity contribution in [1.82, 2.24) is 0 Å². The van der Waals surface area contributed by atoms with Crippen LogP contribution in [0.3, 0.4) is 0 Å². The molecule has 102 valence electrons. The summed E-state index contributed by atoms with van der Waals surface area (Å²) in [6.07, 6.45) is 2.80. The van der Waals surface area contributed by atoms with E-state index in [1.807, 2.05) is 18.2 Å². The average molecular weight is 268 g/mol. The largest absolute Gasteiger partial charge is 0.385 e. The van der Waals surface area contributed by atoms with Crippen LogP contribution in [-0.4, -0.2) is 29.5 Å². The maximum atomic E-state index is 5.79. The van der Waals surface area contributed by atoms with Crippen LogP contribution in [0.2, 0.25) is 0 Å². The van der Waals surface area contributed by atoms with E-state index in [1.54, 1.807) is 0 Å². The van der Waals surface area contributed by atoms with Crippen LogP contribution in [0.5, 0.6) is 0 Å². The summed E-state index contributed by atoms with van der Waals surface area (Å²) in [7, 11) is 0. The minimum absolute atomic E-state index is 0.151. The Morgan fingerprint density at radius 3 is 2.55 bits per heavy atom. The van der Waals surface area contributed by atoms with Gasteiger partial charge in [0.1, 0.15) is 11.7 Å². The number of nitrogens with two attached hydrogens (primary N) is 2. The Morgan fingerprint density at radius 1 is 0.950 bits per heavy atom. The fraction of sp³-hybridized carbons (Fsp3) is 0.286. The first-order valence-corrected chi connectivity index (χ1v) is 6.60.